The van der Waals surface area contributed by atoms with Gasteiger partial charge in [-0.1, -0.05) is 27.7 Å². The molecule has 1 saturated heterocycles. The van der Waals surface area contributed by atoms with E-state index in [9.17, 15) is 0 Å². The molecule has 1 atom stereocenters. The van der Waals surface area contributed by atoms with E-state index in [1.54, 1.807) is 14.2 Å². The molecule has 4 heteroatoms. The first-order valence-corrected chi connectivity index (χ1v) is 7.05. The van der Waals surface area contributed by atoms with Crippen LogP contribution in [0.1, 0.15) is 27.7 Å². The molecule has 0 radical (unpaired) electrons. The fourth-order valence-electron chi connectivity index (χ4n) is 2.26. The Morgan fingerprint density at radius 2 is 1.79 bits per heavy atom. The van der Waals surface area contributed by atoms with Gasteiger partial charge in [-0.15, -0.1) is 0 Å². The minimum absolute atomic E-state index is 0.315. The maximum Gasteiger partial charge on any atom is 0.431 e. The van der Waals surface area contributed by atoms with Crippen LogP contribution in [0.15, 0.2) is 0 Å². The third kappa shape index (κ3) is 2.03. The molecule has 1 rings (SSSR count). The average Bonchev–Trinajstić information content (AvgIpc) is 2.03. The molecule has 0 aromatic carbocycles. The molecule has 0 aromatic heterocycles. The molecule has 3 nitrogen and oxygen atoms in total. The van der Waals surface area contributed by atoms with Crippen molar-refractivity contribution >= 4 is 8.72 Å². The Labute approximate surface area is 88.7 Å². The number of rotatable bonds is 3. The zero-order valence-electron chi connectivity index (χ0n) is 10.3. The highest BCUT2D eigenvalue weighted by molar-refractivity contribution is 6.68. The summed E-state index contributed by atoms with van der Waals surface area (Å²) in [6, 6.07) is 0. The summed E-state index contributed by atoms with van der Waals surface area (Å²) in [6.07, 6.45) is 0. The van der Waals surface area contributed by atoms with Crippen LogP contribution < -0.4 is 0 Å². The molecule has 0 aliphatic carbocycles. The van der Waals surface area contributed by atoms with Crippen LogP contribution in [0.5, 0.6) is 0 Å². The molecule has 0 aromatic rings. The van der Waals surface area contributed by atoms with Crippen molar-refractivity contribution in [3.05, 3.63) is 0 Å². The van der Waals surface area contributed by atoms with Crippen LogP contribution in [0, 0.1) is 5.41 Å². The fraction of sp³-hybridized carbons (Fsp3) is 1.00. The smallest absolute Gasteiger partial charge is 0.386 e. The van der Waals surface area contributed by atoms with Gasteiger partial charge in [0.1, 0.15) is 0 Å². The number of nitrogens with zero attached hydrogens (tertiary/aromatic N) is 1. The maximum absolute atomic E-state index is 5.64. The molecule has 84 valence electrons. The van der Waals surface area contributed by atoms with Crippen LogP contribution in [0.2, 0.25) is 5.54 Å². The first kappa shape index (κ1) is 12.2. The van der Waals surface area contributed by atoms with Crippen molar-refractivity contribution in [2.45, 2.75) is 33.2 Å². The Hall–Kier alpha value is 0.0969. The Morgan fingerprint density at radius 3 is 2.07 bits per heavy atom. The second kappa shape index (κ2) is 3.93. The molecular formula is C10H23NO2Si. The quantitative estimate of drug-likeness (QED) is 0.675. The van der Waals surface area contributed by atoms with Crippen molar-refractivity contribution in [1.82, 2.24) is 4.57 Å². The second-order valence-corrected chi connectivity index (χ2v) is 9.08. The largest absolute Gasteiger partial charge is 0.431 e. The van der Waals surface area contributed by atoms with E-state index in [-0.39, 0.29) is 0 Å². The van der Waals surface area contributed by atoms with E-state index in [2.05, 4.69) is 32.3 Å². The first-order valence-electron chi connectivity index (χ1n) is 5.21. The highest BCUT2D eigenvalue weighted by Gasteiger charge is 2.58. The lowest BCUT2D eigenvalue weighted by atomic mass is 9.97. The standard InChI is InChI=1S/C10H23NO2Si/c1-9-7-11(8-10(2,3)4)14(9,12-5)13-6/h9H,7-8H2,1-6H3. The zero-order valence-corrected chi connectivity index (χ0v) is 11.3. The minimum Gasteiger partial charge on any atom is -0.386 e. The zero-order chi connectivity index (χ0) is 11.0. The second-order valence-electron chi connectivity index (χ2n) is 5.38. The average molecular weight is 217 g/mol. The molecule has 0 bridgehead atoms. The molecule has 1 aliphatic rings. The van der Waals surface area contributed by atoms with Crippen LogP contribution in [-0.2, 0) is 8.85 Å². The summed E-state index contributed by atoms with van der Waals surface area (Å²) < 4.78 is 13.7. The highest BCUT2D eigenvalue weighted by Crippen LogP contribution is 2.39. The van der Waals surface area contributed by atoms with Gasteiger partial charge in [0.05, 0.1) is 0 Å². The van der Waals surface area contributed by atoms with Gasteiger partial charge in [-0.3, -0.25) is 4.57 Å². The summed E-state index contributed by atoms with van der Waals surface area (Å²) >= 11 is 0. The van der Waals surface area contributed by atoms with Gasteiger partial charge in [0.15, 0.2) is 0 Å². The van der Waals surface area contributed by atoms with E-state index >= 15 is 0 Å². The minimum atomic E-state index is -2.00. The van der Waals surface area contributed by atoms with Crippen molar-refractivity contribution in [2.75, 3.05) is 27.3 Å². The van der Waals surface area contributed by atoms with Crippen LogP contribution in [0.4, 0.5) is 0 Å². The van der Waals surface area contributed by atoms with Gasteiger partial charge in [0.25, 0.3) is 0 Å². The van der Waals surface area contributed by atoms with Crippen LogP contribution >= 0.6 is 0 Å². The summed E-state index contributed by atoms with van der Waals surface area (Å²) in [6.45, 7) is 11.1. The summed E-state index contributed by atoms with van der Waals surface area (Å²) in [5, 5.41) is 0. The van der Waals surface area contributed by atoms with Gasteiger partial charge in [0, 0.05) is 32.9 Å². The molecule has 0 amide bonds. The van der Waals surface area contributed by atoms with Gasteiger partial charge in [-0.2, -0.15) is 0 Å². The van der Waals surface area contributed by atoms with E-state index in [0.29, 0.717) is 11.0 Å². The normalized spacial score (nSPS) is 27.4. The molecule has 1 heterocycles. The van der Waals surface area contributed by atoms with Crippen molar-refractivity contribution < 1.29 is 8.85 Å². The van der Waals surface area contributed by atoms with Crippen LogP contribution in [0.3, 0.4) is 0 Å². The third-order valence-electron chi connectivity index (χ3n) is 2.81. The Bertz CT molecular complexity index is 199. The monoisotopic (exact) mass is 217 g/mol. The molecule has 1 unspecified atom stereocenters. The van der Waals surface area contributed by atoms with Crippen molar-refractivity contribution in [3.8, 4) is 0 Å². The summed E-state index contributed by atoms with van der Waals surface area (Å²) in [5.74, 6) is 0. The van der Waals surface area contributed by atoms with Gasteiger partial charge in [0.2, 0.25) is 0 Å². The molecular weight excluding hydrogens is 194 g/mol. The topological polar surface area (TPSA) is 21.7 Å². The molecule has 0 saturated carbocycles. The van der Waals surface area contributed by atoms with E-state index in [4.69, 9.17) is 8.85 Å². The van der Waals surface area contributed by atoms with Crippen molar-refractivity contribution in [1.29, 1.82) is 0 Å². The number of hydrogen-bond donors (Lipinski definition) is 0. The van der Waals surface area contributed by atoms with Gasteiger partial charge >= 0.3 is 8.72 Å². The maximum atomic E-state index is 5.64. The molecule has 14 heavy (non-hydrogen) atoms. The van der Waals surface area contributed by atoms with Gasteiger partial charge in [-0.25, -0.2) is 0 Å². The van der Waals surface area contributed by atoms with E-state index in [1.165, 1.54) is 0 Å². The van der Waals surface area contributed by atoms with Crippen LogP contribution in [-0.4, -0.2) is 40.6 Å². The highest BCUT2D eigenvalue weighted by atomic mass is 28.4. The van der Waals surface area contributed by atoms with Crippen molar-refractivity contribution in [3.63, 3.8) is 0 Å². The van der Waals surface area contributed by atoms with E-state index < -0.39 is 8.72 Å². The molecule has 1 aliphatic heterocycles. The third-order valence-corrected chi connectivity index (χ3v) is 6.63. The van der Waals surface area contributed by atoms with E-state index in [1.807, 2.05) is 0 Å². The molecule has 1 fully saturated rings. The summed E-state index contributed by atoms with van der Waals surface area (Å²) in [7, 11) is 1.56. The van der Waals surface area contributed by atoms with Crippen LogP contribution in [0.25, 0.3) is 0 Å². The first-order chi connectivity index (χ1) is 6.35. The predicted molar refractivity (Wildman–Crippen MR) is 60.2 cm³/mol. The Kier molecular flexibility index (Phi) is 3.41. The van der Waals surface area contributed by atoms with E-state index in [0.717, 1.165) is 13.1 Å². The Morgan fingerprint density at radius 1 is 1.29 bits per heavy atom. The van der Waals surface area contributed by atoms with Gasteiger partial charge in [-0.05, 0) is 5.41 Å². The fourth-order valence-corrected chi connectivity index (χ4v) is 5.73. The lowest BCUT2D eigenvalue weighted by Gasteiger charge is -2.53. The van der Waals surface area contributed by atoms with Gasteiger partial charge < -0.3 is 8.85 Å². The number of hydrogen-bond acceptors (Lipinski definition) is 3. The summed E-state index contributed by atoms with van der Waals surface area (Å²) in [4.78, 5) is 0. The Balaban J connectivity index is 2.64. The molecule has 0 spiro atoms. The molecule has 0 N–H and O–H groups in total. The summed E-state index contributed by atoms with van der Waals surface area (Å²) in [5.41, 5.74) is 0.898. The SMILES string of the molecule is CO[Si]1(OC)C(C)CN1CC(C)(C)C. The lowest BCUT2D eigenvalue weighted by molar-refractivity contribution is 0.0818. The predicted octanol–water partition coefficient (Wildman–Crippen LogP) is 1.97. The lowest BCUT2D eigenvalue weighted by Crippen LogP contribution is -2.72. The van der Waals surface area contributed by atoms with Crippen molar-refractivity contribution in [2.24, 2.45) is 5.41 Å².